The van der Waals surface area contributed by atoms with Gasteiger partial charge in [0.15, 0.2) is 5.78 Å². The lowest BCUT2D eigenvalue weighted by Gasteiger charge is -2.36. The van der Waals surface area contributed by atoms with Crippen LogP contribution in [0.1, 0.15) is 53.9 Å². The zero-order valence-corrected chi connectivity index (χ0v) is 16.1. The molecule has 1 spiro atoms. The van der Waals surface area contributed by atoms with Gasteiger partial charge in [-0.2, -0.15) is 0 Å². The molecule has 0 aromatic heterocycles. The van der Waals surface area contributed by atoms with Gasteiger partial charge in [-0.05, 0) is 74.3 Å². The van der Waals surface area contributed by atoms with Crippen LogP contribution >= 0.6 is 11.6 Å². The second-order valence-electron chi connectivity index (χ2n) is 7.63. The van der Waals surface area contributed by atoms with Crippen LogP contribution in [0.5, 0.6) is 0 Å². The molecule has 1 saturated carbocycles. The molecule has 25 heavy (non-hydrogen) atoms. The maximum absolute atomic E-state index is 13.4. The molecule has 4 nitrogen and oxygen atoms in total. The molecule has 3 unspecified atom stereocenters. The number of benzene rings is 1. The third-order valence-electron chi connectivity index (χ3n) is 6.06. The first-order valence-corrected chi connectivity index (χ1v) is 9.30. The molecule has 1 heterocycles. The summed E-state index contributed by atoms with van der Waals surface area (Å²) < 4.78 is 5.28. The van der Waals surface area contributed by atoms with Crippen molar-refractivity contribution in [1.29, 1.82) is 0 Å². The summed E-state index contributed by atoms with van der Waals surface area (Å²) in [4.78, 5) is 26.2. The maximum atomic E-state index is 13.4. The van der Waals surface area contributed by atoms with Crippen molar-refractivity contribution in [3.05, 3.63) is 33.3 Å². The number of amides is 1. The minimum atomic E-state index is -0.798. The molecule has 2 fully saturated rings. The van der Waals surface area contributed by atoms with E-state index < -0.39 is 11.5 Å². The lowest BCUT2D eigenvalue weighted by atomic mass is 9.72. The molecule has 1 amide bonds. The zero-order chi connectivity index (χ0) is 18.4. The summed E-state index contributed by atoms with van der Waals surface area (Å²) in [5, 5.41) is 3.55. The fourth-order valence-electron chi connectivity index (χ4n) is 4.54. The molecule has 5 heteroatoms. The second kappa shape index (κ2) is 6.73. The first-order chi connectivity index (χ1) is 11.8. The lowest BCUT2D eigenvalue weighted by molar-refractivity contribution is -0.126. The Hall–Kier alpha value is -1.39. The molecule has 2 aliphatic rings. The van der Waals surface area contributed by atoms with Crippen LogP contribution in [-0.4, -0.2) is 30.9 Å². The molecule has 136 valence electrons. The van der Waals surface area contributed by atoms with Gasteiger partial charge in [0.25, 0.3) is 0 Å². The minimum absolute atomic E-state index is 0.0217. The van der Waals surface area contributed by atoms with Crippen LogP contribution in [0.4, 0.5) is 0 Å². The largest absolute Gasteiger partial charge is 0.384 e. The Bertz CT molecular complexity index is 728. The Kier molecular flexibility index (Phi) is 4.95. The van der Waals surface area contributed by atoms with Crippen LogP contribution in [-0.2, 0) is 14.3 Å². The molecule has 1 aliphatic carbocycles. The molecule has 3 atom stereocenters. The van der Waals surface area contributed by atoms with Crippen molar-refractivity contribution >= 4 is 23.3 Å². The van der Waals surface area contributed by atoms with Gasteiger partial charge in [0.2, 0.25) is 5.91 Å². The molecule has 1 saturated heterocycles. The Balaban J connectivity index is 1.99. The highest BCUT2D eigenvalue weighted by molar-refractivity contribution is 6.33. The molecule has 0 bridgehead atoms. The third-order valence-corrected chi connectivity index (χ3v) is 6.37. The van der Waals surface area contributed by atoms with Gasteiger partial charge in [-0.25, -0.2) is 0 Å². The van der Waals surface area contributed by atoms with E-state index >= 15 is 0 Å². The normalized spacial score (nSPS) is 29.3. The first-order valence-electron chi connectivity index (χ1n) is 8.92. The van der Waals surface area contributed by atoms with Crippen molar-refractivity contribution in [2.24, 2.45) is 5.92 Å². The van der Waals surface area contributed by atoms with Crippen molar-refractivity contribution in [1.82, 2.24) is 5.32 Å². The number of aryl methyl sites for hydroxylation is 1. The number of hydrogen-bond donors (Lipinski definition) is 1. The van der Waals surface area contributed by atoms with E-state index in [1.807, 2.05) is 26.8 Å². The number of rotatable bonds is 3. The van der Waals surface area contributed by atoms with Gasteiger partial charge in [0.1, 0.15) is 11.5 Å². The van der Waals surface area contributed by atoms with E-state index in [1.54, 1.807) is 7.11 Å². The van der Waals surface area contributed by atoms with E-state index in [2.05, 4.69) is 5.32 Å². The number of hydrogen-bond acceptors (Lipinski definition) is 3. The van der Waals surface area contributed by atoms with Gasteiger partial charge in [0, 0.05) is 18.7 Å². The van der Waals surface area contributed by atoms with Gasteiger partial charge in [-0.3, -0.25) is 9.59 Å². The number of halogens is 1. The van der Waals surface area contributed by atoms with Crippen LogP contribution in [0.25, 0.3) is 0 Å². The Morgan fingerprint density at radius 2 is 2.00 bits per heavy atom. The Morgan fingerprint density at radius 3 is 2.68 bits per heavy atom. The van der Waals surface area contributed by atoms with Crippen LogP contribution in [0.15, 0.2) is 6.07 Å². The highest BCUT2D eigenvalue weighted by Gasteiger charge is 2.55. The molecule has 1 N–H and O–H groups in total. The topological polar surface area (TPSA) is 55.4 Å². The van der Waals surface area contributed by atoms with E-state index in [0.717, 1.165) is 29.5 Å². The summed E-state index contributed by atoms with van der Waals surface area (Å²) in [5.74, 6) is -0.728. The Labute approximate surface area is 154 Å². The van der Waals surface area contributed by atoms with Crippen molar-refractivity contribution in [3.63, 3.8) is 0 Å². The lowest BCUT2D eigenvalue weighted by Crippen LogP contribution is -2.50. The van der Waals surface area contributed by atoms with Gasteiger partial charge >= 0.3 is 0 Å². The van der Waals surface area contributed by atoms with E-state index in [-0.39, 0.29) is 11.7 Å². The second-order valence-corrected chi connectivity index (χ2v) is 8.03. The summed E-state index contributed by atoms with van der Waals surface area (Å²) in [6.07, 6.45) is 3.32. The average Bonchev–Trinajstić information content (AvgIpc) is 2.77. The number of carbonyl (C=O) groups is 2. The molecule has 0 radical (unpaired) electrons. The van der Waals surface area contributed by atoms with Crippen molar-refractivity contribution in [2.45, 2.75) is 57.9 Å². The third kappa shape index (κ3) is 3.00. The molecule has 1 aromatic carbocycles. The standard InChI is InChI=1S/C20H26ClNO3/c1-11-8-15(21)16(13(3)12(11)2)17-18(23)20(22-19(17)24)7-5-6-14(9-20)10-25-4/h8,14,17H,5-7,9-10H2,1-4H3,(H,22,24). The smallest absolute Gasteiger partial charge is 0.236 e. The number of methoxy groups -OCH3 is 1. The summed E-state index contributed by atoms with van der Waals surface area (Å²) in [7, 11) is 1.68. The van der Waals surface area contributed by atoms with Gasteiger partial charge in [-0.15, -0.1) is 0 Å². The summed E-state index contributed by atoms with van der Waals surface area (Å²) in [5.41, 5.74) is 3.03. The van der Waals surface area contributed by atoms with E-state index in [0.29, 0.717) is 36.0 Å². The molecular formula is C20H26ClNO3. The molecule has 3 rings (SSSR count). The number of ether oxygens (including phenoxy) is 1. The predicted octanol–water partition coefficient (Wildman–Crippen LogP) is 3.62. The van der Waals surface area contributed by atoms with Crippen molar-refractivity contribution in [3.8, 4) is 0 Å². The summed E-state index contributed by atoms with van der Waals surface area (Å²) in [6, 6.07) is 1.86. The van der Waals surface area contributed by atoms with Gasteiger partial charge in [0.05, 0.1) is 0 Å². The number of nitrogens with one attached hydrogen (secondary N) is 1. The number of Topliss-reactive ketones (excluding diaryl/α,β-unsaturated/α-hetero) is 1. The monoisotopic (exact) mass is 363 g/mol. The van der Waals surface area contributed by atoms with Crippen LogP contribution < -0.4 is 5.32 Å². The van der Waals surface area contributed by atoms with Crippen LogP contribution in [0, 0.1) is 26.7 Å². The van der Waals surface area contributed by atoms with E-state index in [9.17, 15) is 9.59 Å². The quantitative estimate of drug-likeness (QED) is 0.834. The highest BCUT2D eigenvalue weighted by Crippen LogP contribution is 2.44. The SMILES string of the molecule is COCC1CCCC2(C1)NC(=O)C(c1c(Cl)cc(C)c(C)c1C)C2=O. The first kappa shape index (κ1) is 18.4. The zero-order valence-electron chi connectivity index (χ0n) is 15.4. The average molecular weight is 364 g/mol. The molecule has 1 aliphatic heterocycles. The fourth-order valence-corrected chi connectivity index (χ4v) is 4.95. The van der Waals surface area contributed by atoms with Gasteiger partial charge < -0.3 is 10.1 Å². The summed E-state index contributed by atoms with van der Waals surface area (Å²) in [6.45, 7) is 6.57. The maximum Gasteiger partial charge on any atom is 0.236 e. The molecule has 1 aromatic rings. The number of carbonyl (C=O) groups excluding carboxylic acids is 2. The summed E-state index contributed by atoms with van der Waals surface area (Å²) >= 11 is 6.47. The van der Waals surface area contributed by atoms with Gasteiger partial charge in [-0.1, -0.05) is 18.0 Å². The fraction of sp³-hybridized carbons (Fsp3) is 0.600. The van der Waals surface area contributed by atoms with E-state index in [4.69, 9.17) is 16.3 Å². The van der Waals surface area contributed by atoms with E-state index in [1.165, 1.54) is 0 Å². The van der Waals surface area contributed by atoms with Crippen molar-refractivity contribution in [2.75, 3.05) is 13.7 Å². The Morgan fingerprint density at radius 1 is 1.28 bits per heavy atom. The number of ketones is 1. The van der Waals surface area contributed by atoms with Crippen molar-refractivity contribution < 1.29 is 14.3 Å². The minimum Gasteiger partial charge on any atom is -0.384 e. The molecular weight excluding hydrogens is 338 g/mol. The van der Waals surface area contributed by atoms with Crippen LogP contribution in [0.2, 0.25) is 5.02 Å². The van der Waals surface area contributed by atoms with Crippen LogP contribution in [0.3, 0.4) is 0 Å². The highest BCUT2D eigenvalue weighted by atomic mass is 35.5. The predicted molar refractivity (Wildman–Crippen MR) is 98.1 cm³/mol.